The van der Waals surface area contributed by atoms with Gasteiger partial charge in [-0.05, 0) is 23.8 Å². The van der Waals surface area contributed by atoms with Crippen LogP contribution in [0.2, 0.25) is 0 Å². The van der Waals surface area contributed by atoms with Gasteiger partial charge in [0.25, 0.3) is 0 Å². The van der Waals surface area contributed by atoms with Gasteiger partial charge in [0.05, 0.1) is 4.90 Å². The Labute approximate surface area is 162 Å². The van der Waals surface area contributed by atoms with E-state index >= 15 is 0 Å². The second-order valence-corrected chi connectivity index (χ2v) is 8.43. The normalized spacial score (nSPS) is 15.6. The largest absolute Gasteiger partial charge is 0.341 e. The van der Waals surface area contributed by atoms with Crippen LogP contribution in [0.15, 0.2) is 59.5 Å². The van der Waals surface area contributed by atoms with Gasteiger partial charge >= 0.3 is 11.8 Å². The zero-order valence-electron chi connectivity index (χ0n) is 15.1. The van der Waals surface area contributed by atoms with Crippen LogP contribution in [0.4, 0.5) is 19.3 Å². The highest BCUT2D eigenvalue weighted by Gasteiger charge is 2.27. The smallest absolute Gasteiger partial charge is 0.322 e. The molecule has 150 valence electrons. The first kappa shape index (κ1) is 20.2. The molecule has 9 heteroatoms. The van der Waals surface area contributed by atoms with Crippen LogP contribution in [0.25, 0.3) is 0 Å². The summed E-state index contributed by atoms with van der Waals surface area (Å²) < 4.78 is 48.5. The molecule has 28 heavy (non-hydrogen) atoms. The van der Waals surface area contributed by atoms with E-state index in [2.05, 4.69) is 22.3 Å². The third-order valence-corrected chi connectivity index (χ3v) is 5.94. The van der Waals surface area contributed by atoms with Crippen molar-refractivity contribution in [2.75, 3.05) is 31.5 Å². The molecule has 0 saturated carbocycles. The van der Waals surface area contributed by atoms with E-state index in [1.54, 1.807) is 4.90 Å². The number of nitrogens with zero attached hydrogens (tertiary/aromatic N) is 2. The van der Waals surface area contributed by atoms with Crippen molar-refractivity contribution in [3.8, 4) is 0 Å². The van der Waals surface area contributed by atoms with E-state index in [0.29, 0.717) is 26.2 Å². The van der Waals surface area contributed by atoms with E-state index in [0.717, 1.165) is 18.7 Å². The van der Waals surface area contributed by atoms with Gasteiger partial charge in [0.1, 0.15) is 0 Å². The highest BCUT2D eigenvalue weighted by atomic mass is 32.2. The molecule has 1 aliphatic rings. The summed E-state index contributed by atoms with van der Waals surface area (Å²) in [6.45, 7) is 3.27. The summed E-state index contributed by atoms with van der Waals surface area (Å²) >= 11 is 0. The van der Waals surface area contributed by atoms with Crippen molar-refractivity contribution in [3.05, 3.63) is 60.2 Å². The summed E-state index contributed by atoms with van der Waals surface area (Å²) in [7, 11) is -4.70. The maximum absolute atomic E-state index is 12.7. The molecule has 0 aliphatic carbocycles. The van der Waals surface area contributed by atoms with Gasteiger partial charge in [-0.3, -0.25) is 4.90 Å². The average molecular weight is 409 g/mol. The molecule has 2 amide bonds. The van der Waals surface area contributed by atoms with Crippen molar-refractivity contribution in [3.63, 3.8) is 0 Å². The van der Waals surface area contributed by atoms with Crippen LogP contribution in [-0.4, -0.2) is 56.2 Å². The average Bonchev–Trinajstić information content (AvgIpc) is 2.69. The third kappa shape index (κ3) is 4.85. The van der Waals surface area contributed by atoms with Crippen LogP contribution in [-0.2, 0) is 16.4 Å². The maximum atomic E-state index is 12.7. The van der Waals surface area contributed by atoms with Gasteiger partial charge < -0.3 is 10.2 Å². The van der Waals surface area contributed by atoms with E-state index in [4.69, 9.17) is 0 Å². The Balaban J connectivity index is 1.56. The number of carbonyl (C=O) groups excluding carboxylic acids is 1. The second kappa shape index (κ2) is 8.66. The number of hydrogen-bond acceptors (Lipinski definition) is 4. The second-order valence-electron chi connectivity index (χ2n) is 6.51. The van der Waals surface area contributed by atoms with Crippen molar-refractivity contribution >= 4 is 21.6 Å². The first-order chi connectivity index (χ1) is 13.4. The van der Waals surface area contributed by atoms with Gasteiger partial charge in [-0.2, -0.15) is 8.78 Å². The number of piperazine rings is 1. The zero-order valence-corrected chi connectivity index (χ0v) is 15.9. The first-order valence-electron chi connectivity index (χ1n) is 8.80. The van der Waals surface area contributed by atoms with E-state index < -0.39 is 20.5 Å². The summed E-state index contributed by atoms with van der Waals surface area (Å²) in [6.07, 6.45) is 0. The van der Waals surface area contributed by atoms with Crippen molar-refractivity contribution in [1.82, 2.24) is 9.80 Å². The predicted octanol–water partition coefficient (Wildman–Crippen LogP) is 3.03. The van der Waals surface area contributed by atoms with E-state index in [1.165, 1.54) is 17.7 Å². The number of rotatable bonds is 5. The molecule has 1 aliphatic heterocycles. The number of hydrogen-bond donors (Lipinski definition) is 1. The van der Waals surface area contributed by atoms with E-state index in [1.807, 2.05) is 18.2 Å². The molecule has 0 atom stereocenters. The third-order valence-electron chi connectivity index (χ3n) is 4.56. The molecule has 2 aromatic carbocycles. The lowest BCUT2D eigenvalue weighted by Gasteiger charge is -2.34. The van der Waals surface area contributed by atoms with Crippen LogP contribution in [0.5, 0.6) is 0 Å². The lowest BCUT2D eigenvalue weighted by Crippen LogP contribution is -2.49. The molecule has 0 spiro atoms. The Morgan fingerprint density at radius 3 is 2.32 bits per heavy atom. The number of anilines is 1. The minimum Gasteiger partial charge on any atom is -0.322 e. The highest BCUT2D eigenvalue weighted by molar-refractivity contribution is 7.91. The molecular formula is C19H21F2N3O3S. The van der Waals surface area contributed by atoms with Crippen LogP contribution in [0.1, 0.15) is 5.56 Å². The molecule has 0 aromatic heterocycles. The molecule has 1 fully saturated rings. The molecule has 6 nitrogen and oxygen atoms in total. The molecule has 0 unspecified atom stereocenters. The number of carbonyl (C=O) groups is 1. The topological polar surface area (TPSA) is 69.7 Å². The number of nitrogens with one attached hydrogen (secondary N) is 1. The number of urea groups is 1. The van der Waals surface area contributed by atoms with Crippen molar-refractivity contribution in [1.29, 1.82) is 0 Å². The van der Waals surface area contributed by atoms with Crippen LogP contribution < -0.4 is 5.32 Å². The van der Waals surface area contributed by atoms with Crippen LogP contribution in [0, 0.1) is 0 Å². The van der Waals surface area contributed by atoms with Gasteiger partial charge in [0, 0.05) is 38.4 Å². The zero-order chi connectivity index (χ0) is 20.1. The number of alkyl halides is 2. The fraction of sp³-hybridized carbons (Fsp3) is 0.316. The highest BCUT2D eigenvalue weighted by Crippen LogP contribution is 2.21. The summed E-state index contributed by atoms with van der Waals surface area (Å²) in [5, 5.41) is 2.59. The van der Waals surface area contributed by atoms with Gasteiger partial charge in [-0.15, -0.1) is 0 Å². The molecular weight excluding hydrogens is 388 g/mol. The molecule has 0 bridgehead atoms. The van der Waals surface area contributed by atoms with Crippen molar-refractivity contribution < 1.29 is 22.0 Å². The van der Waals surface area contributed by atoms with Gasteiger partial charge in [-0.25, -0.2) is 13.2 Å². The lowest BCUT2D eigenvalue weighted by molar-refractivity contribution is 0.143. The molecule has 0 radical (unpaired) electrons. The number of benzene rings is 2. The fourth-order valence-corrected chi connectivity index (χ4v) is 3.77. The van der Waals surface area contributed by atoms with Crippen molar-refractivity contribution in [2.45, 2.75) is 17.2 Å². The minimum atomic E-state index is -4.70. The standard InChI is InChI=1S/C19H21F2N3O3S/c20-18(21)28(26,27)17-8-4-7-16(13-17)22-19(25)24-11-9-23(10-12-24)14-15-5-2-1-3-6-15/h1-8,13,18H,9-12,14H2,(H,22,25). The number of sulfone groups is 1. The Hall–Kier alpha value is -2.52. The van der Waals surface area contributed by atoms with Crippen LogP contribution in [0.3, 0.4) is 0 Å². The summed E-state index contributed by atoms with van der Waals surface area (Å²) in [5.41, 5.74) is 1.37. The predicted molar refractivity (Wildman–Crippen MR) is 102 cm³/mol. The SMILES string of the molecule is O=C(Nc1cccc(S(=O)(=O)C(F)F)c1)N1CCN(Cc2ccccc2)CC1. The van der Waals surface area contributed by atoms with E-state index in [9.17, 15) is 22.0 Å². The van der Waals surface area contributed by atoms with Gasteiger partial charge in [-0.1, -0.05) is 36.4 Å². The Morgan fingerprint density at radius 1 is 1.00 bits per heavy atom. The Bertz CT molecular complexity index is 915. The Morgan fingerprint density at radius 2 is 1.68 bits per heavy atom. The lowest BCUT2D eigenvalue weighted by atomic mass is 10.2. The fourth-order valence-electron chi connectivity index (χ4n) is 3.01. The van der Waals surface area contributed by atoms with Crippen LogP contribution >= 0.6 is 0 Å². The quantitative estimate of drug-likeness (QED) is 0.824. The molecule has 1 heterocycles. The summed E-state index contributed by atoms with van der Waals surface area (Å²) in [4.78, 5) is 15.8. The maximum Gasteiger partial charge on any atom is 0.341 e. The van der Waals surface area contributed by atoms with Gasteiger partial charge in [0.15, 0.2) is 0 Å². The number of halogens is 2. The molecule has 3 rings (SSSR count). The number of amides is 2. The molecule has 1 saturated heterocycles. The molecule has 2 aromatic rings. The van der Waals surface area contributed by atoms with Gasteiger partial charge in [0.2, 0.25) is 9.84 Å². The summed E-state index contributed by atoms with van der Waals surface area (Å²) in [5.74, 6) is -3.50. The minimum absolute atomic E-state index is 0.165. The Kier molecular flexibility index (Phi) is 6.25. The first-order valence-corrected chi connectivity index (χ1v) is 10.4. The van der Waals surface area contributed by atoms with Crippen molar-refractivity contribution in [2.24, 2.45) is 0 Å². The summed E-state index contributed by atoms with van der Waals surface area (Å²) in [6, 6.07) is 14.6. The van der Waals surface area contributed by atoms with E-state index in [-0.39, 0.29) is 11.7 Å². The molecule has 1 N–H and O–H groups in total. The monoisotopic (exact) mass is 409 g/mol.